The van der Waals surface area contributed by atoms with Crippen LogP contribution in [0, 0.1) is 0 Å². The minimum Gasteiger partial charge on any atom is -0.391 e. The van der Waals surface area contributed by atoms with Crippen molar-refractivity contribution < 1.29 is 9.63 Å². The Morgan fingerprint density at radius 1 is 1.60 bits per heavy atom. The molecule has 0 saturated carbocycles. The standard InChI is InChI=1S/C8H11N5O2/c1-4(14)5(9)8-12-7(13-15-8)6-10-2-3-11-6/h2-5,14H,9H2,1H3,(H,10,11). The van der Waals surface area contributed by atoms with Crippen LogP contribution in [0.3, 0.4) is 0 Å². The number of rotatable bonds is 3. The van der Waals surface area contributed by atoms with Gasteiger partial charge in [-0.2, -0.15) is 4.98 Å². The first-order chi connectivity index (χ1) is 7.18. The first-order valence-corrected chi connectivity index (χ1v) is 4.45. The number of aromatic nitrogens is 4. The lowest BCUT2D eigenvalue weighted by Gasteiger charge is -2.08. The normalized spacial score (nSPS) is 15.1. The zero-order valence-electron chi connectivity index (χ0n) is 8.08. The van der Waals surface area contributed by atoms with E-state index in [4.69, 9.17) is 10.3 Å². The Labute approximate surface area is 85.3 Å². The number of nitrogens with one attached hydrogen (secondary N) is 1. The van der Waals surface area contributed by atoms with Gasteiger partial charge in [-0.15, -0.1) is 0 Å². The largest absolute Gasteiger partial charge is 0.391 e. The second-order valence-electron chi connectivity index (χ2n) is 3.16. The van der Waals surface area contributed by atoms with Gasteiger partial charge in [0, 0.05) is 12.4 Å². The summed E-state index contributed by atoms with van der Waals surface area (Å²) < 4.78 is 4.91. The van der Waals surface area contributed by atoms with E-state index in [9.17, 15) is 5.11 Å². The van der Waals surface area contributed by atoms with Crippen LogP contribution in [-0.2, 0) is 0 Å². The van der Waals surface area contributed by atoms with Gasteiger partial charge in [0.25, 0.3) is 0 Å². The Morgan fingerprint density at radius 3 is 3.00 bits per heavy atom. The molecule has 0 bridgehead atoms. The average Bonchev–Trinajstić information content (AvgIpc) is 2.86. The first-order valence-electron chi connectivity index (χ1n) is 4.45. The third-order valence-corrected chi connectivity index (χ3v) is 1.96. The van der Waals surface area contributed by atoms with Crippen LogP contribution in [0.15, 0.2) is 16.9 Å². The molecule has 4 N–H and O–H groups in total. The minimum atomic E-state index is -0.741. The zero-order valence-corrected chi connectivity index (χ0v) is 8.08. The SMILES string of the molecule is CC(O)C(N)c1nc(-c2ncc[nH]2)no1. The quantitative estimate of drug-likeness (QED) is 0.647. The van der Waals surface area contributed by atoms with E-state index in [1.54, 1.807) is 19.3 Å². The molecule has 0 aromatic carbocycles. The zero-order chi connectivity index (χ0) is 10.8. The highest BCUT2D eigenvalue weighted by Gasteiger charge is 2.20. The van der Waals surface area contributed by atoms with Gasteiger partial charge in [-0.1, -0.05) is 5.16 Å². The summed E-state index contributed by atoms with van der Waals surface area (Å²) in [6.07, 6.45) is 2.50. The molecular formula is C8H11N5O2. The van der Waals surface area contributed by atoms with Crippen molar-refractivity contribution in [1.82, 2.24) is 20.1 Å². The van der Waals surface area contributed by atoms with E-state index in [-0.39, 0.29) is 5.89 Å². The predicted molar refractivity (Wildman–Crippen MR) is 50.5 cm³/mol. The van der Waals surface area contributed by atoms with Gasteiger partial charge in [0.1, 0.15) is 6.04 Å². The van der Waals surface area contributed by atoms with E-state index in [1.165, 1.54) is 0 Å². The van der Waals surface area contributed by atoms with Gasteiger partial charge in [-0.3, -0.25) is 0 Å². The van der Waals surface area contributed by atoms with E-state index < -0.39 is 12.1 Å². The molecular weight excluding hydrogens is 198 g/mol. The number of nitrogens with two attached hydrogens (primary N) is 1. The fraction of sp³-hybridized carbons (Fsp3) is 0.375. The molecule has 2 atom stereocenters. The molecule has 0 saturated heterocycles. The molecule has 80 valence electrons. The van der Waals surface area contributed by atoms with Crippen molar-refractivity contribution in [3.05, 3.63) is 18.3 Å². The molecule has 2 aromatic rings. The highest BCUT2D eigenvalue weighted by Crippen LogP contribution is 2.15. The third kappa shape index (κ3) is 1.88. The summed E-state index contributed by atoms with van der Waals surface area (Å²) >= 11 is 0. The van der Waals surface area contributed by atoms with Crippen LogP contribution < -0.4 is 5.73 Å². The molecule has 2 aromatic heterocycles. The van der Waals surface area contributed by atoms with Crippen LogP contribution in [0.2, 0.25) is 0 Å². The Hall–Kier alpha value is -1.73. The minimum absolute atomic E-state index is 0.191. The van der Waals surface area contributed by atoms with Crippen LogP contribution in [-0.4, -0.2) is 31.3 Å². The monoisotopic (exact) mass is 209 g/mol. The van der Waals surface area contributed by atoms with Crippen LogP contribution in [0.4, 0.5) is 0 Å². The van der Waals surface area contributed by atoms with Gasteiger partial charge >= 0.3 is 0 Å². The maximum absolute atomic E-state index is 9.24. The van der Waals surface area contributed by atoms with Crippen molar-refractivity contribution >= 4 is 0 Å². The number of aliphatic hydroxyl groups excluding tert-OH is 1. The summed E-state index contributed by atoms with van der Waals surface area (Å²) in [6, 6.07) is -0.679. The second-order valence-corrected chi connectivity index (χ2v) is 3.16. The van der Waals surface area contributed by atoms with Gasteiger partial charge in [0.2, 0.25) is 11.7 Å². The van der Waals surface area contributed by atoms with Gasteiger partial charge < -0.3 is 20.3 Å². The smallest absolute Gasteiger partial charge is 0.246 e. The molecule has 2 heterocycles. The molecule has 0 aliphatic rings. The highest BCUT2D eigenvalue weighted by atomic mass is 16.5. The molecule has 0 radical (unpaired) electrons. The number of nitrogens with zero attached hydrogens (tertiary/aromatic N) is 3. The van der Waals surface area contributed by atoms with Crippen molar-refractivity contribution in [3.63, 3.8) is 0 Å². The maximum atomic E-state index is 9.24. The molecule has 0 fully saturated rings. The summed E-state index contributed by atoms with van der Waals surface area (Å²) in [5.74, 6) is 1.02. The van der Waals surface area contributed by atoms with Crippen molar-refractivity contribution in [1.29, 1.82) is 0 Å². The molecule has 0 amide bonds. The van der Waals surface area contributed by atoms with Crippen molar-refractivity contribution in [3.8, 4) is 11.6 Å². The molecule has 0 aliphatic heterocycles. The van der Waals surface area contributed by atoms with Crippen LogP contribution >= 0.6 is 0 Å². The number of hydrogen-bond acceptors (Lipinski definition) is 6. The molecule has 7 nitrogen and oxygen atoms in total. The van der Waals surface area contributed by atoms with Crippen LogP contribution in [0.1, 0.15) is 18.9 Å². The van der Waals surface area contributed by atoms with Crippen LogP contribution in [0.5, 0.6) is 0 Å². The van der Waals surface area contributed by atoms with E-state index in [0.29, 0.717) is 11.6 Å². The molecule has 15 heavy (non-hydrogen) atoms. The molecule has 0 spiro atoms. The van der Waals surface area contributed by atoms with Crippen LogP contribution in [0.25, 0.3) is 11.6 Å². The Morgan fingerprint density at radius 2 is 2.40 bits per heavy atom. The summed E-state index contributed by atoms with van der Waals surface area (Å²) in [4.78, 5) is 10.8. The summed E-state index contributed by atoms with van der Waals surface area (Å²) in [5.41, 5.74) is 5.63. The number of H-pyrrole nitrogens is 1. The van der Waals surface area contributed by atoms with Gasteiger partial charge in [0.15, 0.2) is 5.82 Å². The lowest BCUT2D eigenvalue weighted by molar-refractivity contribution is 0.146. The number of hydrogen-bond donors (Lipinski definition) is 3. The second kappa shape index (κ2) is 3.79. The number of aliphatic hydroxyl groups is 1. The predicted octanol–water partition coefficient (Wildman–Crippen LogP) is -0.160. The summed E-state index contributed by atoms with van der Waals surface area (Å²) in [7, 11) is 0. The Bertz CT molecular complexity index is 422. The van der Waals surface area contributed by atoms with E-state index in [2.05, 4.69) is 20.1 Å². The van der Waals surface area contributed by atoms with Crippen molar-refractivity contribution in [2.24, 2.45) is 5.73 Å². The van der Waals surface area contributed by atoms with E-state index in [1.807, 2.05) is 0 Å². The average molecular weight is 209 g/mol. The van der Waals surface area contributed by atoms with Gasteiger partial charge in [-0.05, 0) is 6.92 Å². The molecule has 2 rings (SSSR count). The highest BCUT2D eigenvalue weighted by molar-refractivity contribution is 5.40. The lowest BCUT2D eigenvalue weighted by atomic mass is 10.2. The summed E-state index contributed by atoms with van der Waals surface area (Å²) in [5, 5.41) is 12.9. The Kier molecular flexibility index (Phi) is 2.48. The van der Waals surface area contributed by atoms with Gasteiger partial charge in [-0.25, -0.2) is 4.98 Å². The van der Waals surface area contributed by atoms with Crippen molar-refractivity contribution in [2.45, 2.75) is 19.1 Å². The Balaban J connectivity index is 2.25. The topological polar surface area (TPSA) is 114 Å². The van der Waals surface area contributed by atoms with Crippen molar-refractivity contribution in [2.75, 3.05) is 0 Å². The third-order valence-electron chi connectivity index (χ3n) is 1.96. The number of aromatic amines is 1. The van der Waals surface area contributed by atoms with E-state index in [0.717, 1.165) is 0 Å². The molecule has 0 aliphatic carbocycles. The fourth-order valence-electron chi connectivity index (χ4n) is 1.06. The van der Waals surface area contributed by atoms with E-state index >= 15 is 0 Å². The lowest BCUT2D eigenvalue weighted by Crippen LogP contribution is -2.23. The molecule has 2 unspecified atom stereocenters. The maximum Gasteiger partial charge on any atom is 0.246 e. The fourth-order valence-corrected chi connectivity index (χ4v) is 1.06. The first kappa shape index (κ1) is 9.81. The summed E-state index contributed by atoms with van der Waals surface area (Å²) in [6.45, 7) is 1.56. The molecule has 7 heteroatoms. The van der Waals surface area contributed by atoms with Gasteiger partial charge in [0.05, 0.1) is 6.10 Å². The number of imidazole rings is 1.